The summed E-state index contributed by atoms with van der Waals surface area (Å²) in [6, 6.07) is 3.02. The number of benzene rings is 1. The van der Waals surface area contributed by atoms with E-state index in [-0.39, 0.29) is 18.9 Å². The van der Waals surface area contributed by atoms with E-state index in [1.807, 2.05) is 24.6 Å². The van der Waals surface area contributed by atoms with Crippen LogP contribution in [0, 0.1) is 37.4 Å². The van der Waals surface area contributed by atoms with Gasteiger partial charge in [0.25, 0.3) is 0 Å². The van der Waals surface area contributed by atoms with Crippen LogP contribution in [-0.2, 0) is 4.79 Å². The number of rotatable bonds is 4. The number of fused-ring (bicyclic) bond motifs is 3. The summed E-state index contributed by atoms with van der Waals surface area (Å²) in [7, 11) is 0. The number of hydrogen-bond acceptors (Lipinski definition) is 3. The Kier molecular flexibility index (Phi) is 9.15. The molecule has 1 fully saturated rings. The van der Waals surface area contributed by atoms with E-state index in [0.717, 1.165) is 60.8 Å². The second-order valence-corrected chi connectivity index (χ2v) is 7.91. The van der Waals surface area contributed by atoms with Crippen LogP contribution in [0.5, 0.6) is 0 Å². The van der Waals surface area contributed by atoms with Crippen LogP contribution in [0.4, 0.5) is 8.78 Å². The average molecular weight is 435 g/mol. The van der Waals surface area contributed by atoms with Crippen molar-refractivity contribution >= 4 is 5.97 Å². The van der Waals surface area contributed by atoms with Crippen molar-refractivity contribution in [2.75, 3.05) is 6.54 Å². The van der Waals surface area contributed by atoms with Crippen LogP contribution in [0.25, 0.3) is 16.6 Å². The third-order valence-corrected chi connectivity index (χ3v) is 5.59. The molecule has 1 aromatic carbocycles. The van der Waals surface area contributed by atoms with Gasteiger partial charge in [-0.1, -0.05) is 51.1 Å². The Balaban J connectivity index is 0.000000342. The predicted molar refractivity (Wildman–Crippen MR) is 112 cm³/mol. The molecule has 8 heteroatoms. The topological polar surface area (TPSA) is 71.0 Å². The van der Waals surface area contributed by atoms with E-state index in [2.05, 4.69) is 24.1 Å². The molecule has 0 spiro atoms. The van der Waals surface area contributed by atoms with Crippen molar-refractivity contribution in [3.05, 3.63) is 64.2 Å². The van der Waals surface area contributed by atoms with E-state index in [4.69, 9.17) is 0 Å². The van der Waals surface area contributed by atoms with Gasteiger partial charge in [-0.3, -0.25) is 4.98 Å². The number of carboxylic acid groups (broad SMARTS) is 1. The first-order valence-corrected chi connectivity index (χ1v) is 10.8. The number of halogens is 2. The number of carboxylic acids is 1. The fraction of sp³-hybridized carbons (Fsp3) is 0.458. The van der Waals surface area contributed by atoms with Gasteiger partial charge in [-0.05, 0) is 26.3 Å². The molecule has 1 unspecified atom stereocenters. The van der Waals surface area contributed by atoms with Gasteiger partial charge >= 0.3 is 18.9 Å². The summed E-state index contributed by atoms with van der Waals surface area (Å²) in [5, 5.41) is 13.8. The quantitative estimate of drug-likeness (QED) is 0.404. The maximum Gasteiger partial charge on any atom is 1.00 e. The largest absolute Gasteiger partial charge is 1.00 e. The third-order valence-electron chi connectivity index (χ3n) is 5.59. The number of carbonyl (C=O) groups excluding carboxylic acids is 1. The van der Waals surface area contributed by atoms with Gasteiger partial charge < -0.3 is 19.8 Å². The van der Waals surface area contributed by atoms with E-state index in [0.29, 0.717) is 24.1 Å². The van der Waals surface area contributed by atoms with Gasteiger partial charge in [0.15, 0.2) is 0 Å². The molecule has 32 heavy (non-hydrogen) atoms. The second kappa shape index (κ2) is 11.2. The Labute approximate surface area is 200 Å². The molecule has 0 bridgehead atoms. The molecule has 1 atom stereocenters. The zero-order valence-electron chi connectivity index (χ0n) is 19.5. The molecule has 168 valence electrons. The van der Waals surface area contributed by atoms with E-state index in [9.17, 15) is 18.7 Å². The Hall–Kier alpha value is -2.07. The van der Waals surface area contributed by atoms with Crippen molar-refractivity contribution in [2.24, 2.45) is 0 Å². The first-order chi connectivity index (χ1) is 14.8. The SMILES string of the molecule is CCC[C-]1c2cc(F)cc(F)c2-c2c(C)nc(C)c[n+]2[C-]1CC.O=C([O-])C1CCC[N-]1.[Li+]. The molecule has 1 aromatic heterocycles. The molecule has 2 aliphatic rings. The van der Waals surface area contributed by atoms with Gasteiger partial charge in [0.05, 0.1) is 23.5 Å². The third kappa shape index (κ3) is 5.28. The Morgan fingerprint density at radius 3 is 2.56 bits per heavy atom. The Bertz CT molecular complexity index is 965. The van der Waals surface area contributed by atoms with E-state index < -0.39 is 23.6 Å². The molecule has 0 saturated carbocycles. The molecule has 2 aliphatic heterocycles. The molecule has 1 saturated heterocycles. The summed E-state index contributed by atoms with van der Waals surface area (Å²) < 4.78 is 30.5. The normalized spacial score (nSPS) is 16.5. The summed E-state index contributed by atoms with van der Waals surface area (Å²) in [6.45, 7) is 8.66. The van der Waals surface area contributed by atoms with Gasteiger partial charge in [-0.25, -0.2) is 8.78 Å². The molecule has 4 rings (SSSR count). The van der Waals surface area contributed by atoms with Gasteiger partial charge in [0.1, 0.15) is 0 Å². The summed E-state index contributed by atoms with van der Waals surface area (Å²) in [4.78, 5) is 14.5. The van der Waals surface area contributed by atoms with Crippen LogP contribution in [0.15, 0.2) is 18.3 Å². The van der Waals surface area contributed by atoms with Gasteiger partial charge in [0.2, 0.25) is 0 Å². The molecule has 0 N–H and O–H groups in total. The van der Waals surface area contributed by atoms with Gasteiger partial charge in [-0.15, -0.1) is 18.5 Å². The van der Waals surface area contributed by atoms with Crippen molar-refractivity contribution in [1.82, 2.24) is 4.98 Å². The van der Waals surface area contributed by atoms with Crippen LogP contribution >= 0.6 is 0 Å². The van der Waals surface area contributed by atoms with E-state index in [1.54, 1.807) is 0 Å². The molecular weight excluding hydrogens is 407 g/mol. The zero-order chi connectivity index (χ0) is 22.7. The molecule has 0 radical (unpaired) electrons. The number of aliphatic carboxylic acids is 1. The van der Waals surface area contributed by atoms with Crippen LogP contribution in [0.1, 0.15) is 62.9 Å². The first-order valence-electron chi connectivity index (χ1n) is 10.8. The van der Waals surface area contributed by atoms with Crippen LogP contribution < -0.4 is 28.5 Å². The molecule has 0 amide bonds. The van der Waals surface area contributed by atoms with Crippen LogP contribution in [0.3, 0.4) is 0 Å². The molecule has 2 aromatic rings. The average Bonchev–Trinajstić information content (AvgIpc) is 3.24. The molecular formula is C24H28F2LiN3O2-2. The van der Waals surface area contributed by atoms with Crippen molar-refractivity contribution in [1.29, 1.82) is 0 Å². The minimum atomic E-state index is -1.03. The van der Waals surface area contributed by atoms with E-state index in [1.165, 1.54) is 6.07 Å². The van der Waals surface area contributed by atoms with Gasteiger partial charge in [0, 0.05) is 23.4 Å². The van der Waals surface area contributed by atoms with Crippen molar-refractivity contribution in [3.63, 3.8) is 0 Å². The fourth-order valence-corrected chi connectivity index (χ4v) is 4.37. The van der Waals surface area contributed by atoms with Gasteiger partial charge in [-0.2, -0.15) is 5.56 Å². The number of nitrogens with zero attached hydrogens (tertiary/aromatic N) is 3. The molecule has 5 nitrogen and oxygen atoms in total. The zero-order valence-corrected chi connectivity index (χ0v) is 19.5. The fourth-order valence-electron chi connectivity index (χ4n) is 4.37. The smallest absolute Gasteiger partial charge is 0.655 e. The summed E-state index contributed by atoms with van der Waals surface area (Å²) in [6.07, 6.45) is 6.04. The summed E-state index contributed by atoms with van der Waals surface area (Å²) in [5.41, 5.74) is 3.53. The monoisotopic (exact) mass is 435 g/mol. The first kappa shape index (κ1) is 26.2. The number of aryl methyl sites for hydroxylation is 2. The van der Waals surface area contributed by atoms with Crippen molar-refractivity contribution < 1.29 is 42.1 Å². The maximum absolute atomic E-state index is 14.6. The maximum atomic E-state index is 14.6. The van der Waals surface area contributed by atoms with Crippen LogP contribution in [-0.4, -0.2) is 23.5 Å². The molecule has 3 heterocycles. The summed E-state index contributed by atoms with van der Waals surface area (Å²) >= 11 is 0. The number of aromatic nitrogens is 2. The standard InChI is InChI=1S/C19H21F2N2.C5H8NO2.Li/c1-5-7-14-15-8-13(20)9-16(21)18(15)19-12(4)22-11(3)10-23(19)17(14)6-2;7-5(8)4-2-1-3-6-4;/h8-10H,5-7H2,1-4H3;4H,1-3H2,(H,7,8);/q2*-1;+1/p-1. The number of hydrogen-bond donors (Lipinski definition) is 0. The number of carbonyl (C=O) groups is 1. The summed E-state index contributed by atoms with van der Waals surface area (Å²) in [5.74, 6) is -1.05. The minimum absolute atomic E-state index is 0. The Morgan fingerprint density at radius 2 is 2.03 bits per heavy atom. The predicted octanol–water partition coefficient (Wildman–Crippen LogP) is 0.734. The van der Waals surface area contributed by atoms with Crippen molar-refractivity contribution in [3.8, 4) is 11.3 Å². The second-order valence-electron chi connectivity index (χ2n) is 7.91. The molecule has 0 aliphatic carbocycles. The van der Waals surface area contributed by atoms with Crippen molar-refractivity contribution in [2.45, 2.75) is 65.8 Å². The minimum Gasteiger partial charge on any atom is -0.655 e. The van der Waals surface area contributed by atoms with Crippen LogP contribution in [0.2, 0.25) is 0 Å². The Morgan fingerprint density at radius 1 is 1.31 bits per heavy atom. The van der Waals surface area contributed by atoms with E-state index >= 15 is 0 Å².